The number of aromatic nitrogens is 1. The maximum Gasteiger partial charge on any atom is 0.0462 e. The van der Waals surface area contributed by atoms with Gasteiger partial charge in [-0.25, -0.2) is 0 Å². The maximum absolute atomic E-state index is 3.17. The summed E-state index contributed by atoms with van der Waals surface area (Å²) in [6.45, 7) is 2.08. The zero-order valence-corrected chi connectivity index (χ0v) is 5.81. The van der Waals surface area contributed by atoms with Crippen molar-refractivity contribution in [2.24, 2.45) is 0 Å². The van der Waals surface area contributed by atoms with Crippen LogP contribution in [0.4, 0.5) is 0 Å². The lowest BCUT2D eigenvalue weighted by Gasteiger charge is -1.86. The molecule has 1 heterocycles. The number of fused-ring (bicyclic) bond motifs is 1. The van der Waals surface area contributed by atoms with E-state index in [0.717, 1.165) is 0 Å². The van der Waals surface area contributed by atoms with E-state index in [1.165, 1.54) is 16.5 Å². The molecule has 0 amide bonds. The molecule has 1 radical (unpaired) electrons. The predicted octanol–water partition coefficient (Wildman–Crippen LogP) is 2.28. The molecule has 0 atom stereocenters. The number of H-pyrrole nitrogens is 1. The molecule has 0 aliphatic rings. The molecule has 2 rings (SSSR count). The molecule has 0 saturated heterocycles. The fraction of sp³-hybridized carbons (Fsp3) is 0.111. The molecule has 1 heteroatoms. The molecule has 10 heavy (non-hydrogen) atoms. The van der Waals surface area contributed by atoms with Gasteiger partial charge in [0.2, 0.25) is 0 Å². The van der Waals surface area contributed by atoms with Crippen LogP contribution in [0, 0.1) is 13.0 Å². The minimum atomic E-state index is 1.17. The molecule has 0 aliphatic heterocycles. The summed E-state index contributed by atoms with van der Waals surface area (Å²) in [6.07, 6.45) is 2.00. The van der Waals surface area contributed by atoms with Crippen LogP contribution in [0.25, 0.3) is 10.9 Å². The summed E-state index contributed by atoms with van der Waals surface area (Å²) in [6, 6.07) is 9.14. The first-order valence-electron chi connectivity index (χ1n) is 3.32. The van der Waals surface area contributed by atoms with Crippen molar-refractivity contribution in [1.82, 2.24) is 4.98 Å². The first-order chi connectivity index (χ1) is 4.88. The van der Waals surface area contributed by atoms with Crippen molar-refractivity contribution in [1.29, 1.82) is 0 Å². The Kier molecular flexibility index (Phi) is 1.04. The largest absolute Gasteiger partial charge is 0.361 e. The SMILES string of the molecule is Cc1c[nH]c2ccc[c]c12. The topological polar surface area (TPSA) is 15.8 Å². The lowest BCUT2D eigenvalue weighted by Crippen LogP contribution is -1.65. The van der Waals surface area contributed by atoms with Gasteiger partial charge in [-0.15, -0.1) is 0 Å². The molecule has 2 aromatic rings. The number of aryl methyl sites for hydroxylation is 1. The van der Waals surface area contributed by atoms with Crippen molar-refractivity contribution in [2.75, 3.05) is 0 Å². The van der Waals surface area contributed by atoms with Gasteiger partial charge in [-0.3, -0.25) is 0 Å². The van der Waals surface area contributed by atoms with Gasteiger partial charge in [0, 0.05) is 17.1 Å². The Hall–Kier alpha value is -1.24. The standard InChI is InChI=1S/C9H8N/c1-7-6-10-9-5-3-2-4-8(7)9/h2-3,5-6,10H,1H3. The normalized spacial score (nSPS) is 10.5. The second-order valence-electron chi connectivity index (χ2n) is 2.43. The highest BCUT2D eigenvalue weighted by atomic mass is 14.7. The van der Waals surface area contributed by atoms with Gasteiger partial charge in [0.05, 0.1) is 0 Å². The van der Waals surface area contributed by atoms with Gasteiger partial charge in [0.15, 0.2) is 0 Å². The van der Waals surface area contributed by atoms with Crippen molar-refractivity contribution in [3.63, 3.8) is 0 Å². The Morgan fingerprint density at radius 2 is 2.40 bits per heavy atom. The number of nitrogens with one attached hydrogen (secondary N) is 1. The molecule has 0 saturated carbocycles. The minimum absolute atomic E-state index is 1.17. The number of rotatable bonds is 0. The Labute approximate surface area is 59.7 Å². The van der Waals surface area contributed by atoms with E-state index >= 15 is 0 Å². The molecular formula is C9H8N. The average Bonchev–Trinajstić information content (AvgIpc) is 2.34. The van der Waals surface area contributed by atoms with Crippen LogP contribution in [0.5, 0.6) is 0 Å². The first kappa shape index (κ1) is 5.54. The Morgan fingerprint density at radius 1 is 1.50 bits per heavy atom. The lowest BCUT2D eigenvalue weighted by molar-refractivity contribution is 1.43. The molecule has 0 bridgehead atoms. The van der Waals surface area contributed by atoms with Crippen molar-refractivity contribution in [2.45, 2.75) is 6.92 Å². The van der Waals surface area contributed by atoms with E-state index < -0.39 is 0 Å². The third-order valence-corrected chi connectivity index (χ3v) is 1.69. The fourth-order valence-electron chi connectivity index (χ4n) is 1.14. The summed E-state index contributed by atoms with van der Waals surface area (Å²) in [7, 11) is 0. The van der Waals surface area contributed by atoms with Crippen LogP contribution in [0.2, 0.25) is 0 Å². The van der Waals surface area contributed by atoms with Crippen LogP contribution >= 0.6 is 0 Å². The van der Waals surface area contributed by atoms with E-state index in [1.807, 2.05) is 18.3 Å². The smallest absolute Gasteiger partial charge is 0.0462 e. The zero-order chi connectivity index (χ0) is 6.97. The molecule has 1 aromatic carbocycles. The van der Waals surface area contributed by atoms with Gasteiger partial charge in [-0.05, 0) is 24.6 Å². The van der Waals surface area contributed by atoms with Crippen LogP contribution in [0.15, 0.2) is 24.4 Å². The second-order valence-corrected chi connectivity index (χ2v) is 2.43. The molecular weight excluding hydrogens is 122 g/mol. The molecule has 0 aliphatic carbocycles. The molecule has 0 unspecified atom stereocenters. The summed E-state index contributed by atoms with van der Waals surface area (Å²) in [5.74, 6) is 0. The zero-order valence-electron chi connectivity index (χ0n) is 5.81. The fourth-order valence-corrected chi connectivity index (χ4v) is 1.14. The molecule has 0 spiro atoms. The van der Waals surface area contributed by atoms with Crippen LogP contribution in [0.1, 0.15) is 5.56 Å². The number of benzene rings is 1. The summed E-state index contributed by atoms with van der Waals surface area (Å²) >= 11 is 0. The third kappa shape index (κ3) is 0.637. The van der Waals surface area contributed by atoms with E-state index in [4.69, 9.17) is 0 Å². The van der Waals surface area contributed by atoms with E-state index in [9.17, 15) is 0 Å². The highest BCUT2D eigenvalue weighted by molar-refractivity contribution is 5.81. The molecule has 1 aromatic heterocycles. The summed E-state index contributed by atoms with van der Waals surface area (Å²) in [5, 5.41) is 1.20. The van der Waals surface area contributed by atoms with Crippen molar-refractivity contribution >= 4 is 10.9 Å². The van der Waals surface area contributed by atoms with Crippen molar-refractivity contribution in [3.8, 4) is 0 Å². The molecule has 49 valence electrons. The van der Waals surface area contributed by atoms with Crippen molar-refractivity contribution in [3.05, 3.63) is 36.0 Å². The Morgan fingerprint density at radius 3 is 3.20 bits per heavy atom. The molecule has 1 nitrogen and oxygen atoms in total. The highest BCUT2D eigenvalue weighted by Crippen LogP contribution is 2.14. The van der Waals surface area contributed by atoms with E-state index in [-0.39, 0.29) is 0 Å². The van der Waals surface area contributed by atoms with E-state index in [2.05, 4.69) is 24.0 Å². The summed E-state index contributed by atoms with van der Waals surface area (Å²) in [5.41, 5.74) is 2.43. The number of hydrogen-bond donors (Lipinski definition) is 1. The predicted molar refractivity (Wildman–Crippen MR) is 41.9 cm³/mol. The van der Waals surface area contributed by atoms with Crippen LogP contribution in [-0.2, 0) is 0 Å². The third-order valence-electron chi connectivity index (χ3n) is 1.69. The highest BCUT2D eigenvalue weighted by Gasteiger charge is 1.94. The van der Waals surface area contributed by atoms with Gasteiger partial charge in [-0.1, -0.05) is 12.1 Å². The van der Waals surface area contributed by atoms with Crippen LogP contribution in [0.3, 0.4) is 0 Å². The van der Waals surface area contributed by atoms with E-state index in [0.29, 0.717) is 0 Å². The Bertz CT molecular complexity index is 346. The number of hydrogen-bond acceptors (Lipinski definition) is 0. The summed E-state index contributed by atoms with van der Waals surface area (Å²) < 4.78 is 0. The monoisotopic (exact) mass is 130 g/mol. The van der Waals surface area contributed by atoms with E-state index in [1.54, 1.807) is 0 Å². The van der Waals surface area contributed by atoms with Crippen LogP contribution in [-0.4, -0.2) is 4.98 Å². The molecule has 1 N–H and O–H groups in total. The van der Waals surface area contributed by atoms with Gasteiger partial charge in [-0.2, -0.15) is 0 Å². The number of aromatic amines is 1. The summed E-state index contributed by atoms with van der Waals surface area (Å²) in [4.78, 5) is 3.16. The van der Waals surface area contributed by atoms with Crippen LogP contribution < -0.4 is 0 Å². The van der Waals surface area contributed by atoms with Crippen molar-refractivity contribution < 1.29 is 0 Å². The van der Waals surface area contributed by atoms with Gasteiger partial charge in [0.1, 0.15) is 0 Å². The van der Waals surface area contributed by atoms with Gasteiger partial charge in [0.25, 0.3) is 0 Å². The second kappa shape index (κ2) is 1.87. The molecule has 0 fully saturated rings. The Balaban J connectivity index is 2.93. The van der Waals surface area contributed by atoms with Gasteiger partial charge < -0.3 is 4.98 Å². The lowest BCUT2D eigenvalue weighted by atomic mass is 10.2. The first-order valence-corrected chi connectivity index (χ1v) is 3.32. The average molecular weight is 130 g/mol. The maximum atomic E-state index is 3.17. The minimum Gasteiger partial charge on any atom is -0.361 e. The van der Waals surface area contributed by atoms with Gasteiger partial charge >= 0.3 is 0 Å². The quantitative estimate of drug-likeness (QED) is 0.563.